The van der Waals surface area contributed by atoms with Gasteiger partial charge in [0, 0.05) is 17.0 Å². The zero-order valence-corrected chi connectivity index (χ0v) is 11.9. The van der Waals surface area contributed by atoms with Crippen molar-refractivity contribution in [3.63, 3.8) is 0 Å². The van der Waals surface area contributed by atoms with E-state index in [4.69, 9.17) is 27.9 Å². The maximum Gasteiger partial charge on any atom is 0.224 e. The summed E-state index contributed by atoms with van der Waals surface area (Å²) in [4.78, 5) is 10.8. The first-order valence-corrected chi connectivity index (χ1v) is 6.88. The molecule has 1 saturated heterocycles. The minimum atomic E-state index is 0.239. The van der Waals surface area contributed by atoms with Crippen LogP contribution in [0.25, 0.3) is 10.9 Å². The van der Waals surface area contributed by atoms with E-state index in [0.29, 0.717) is 18.2 Å². The topological polar surface area (TPSA) is 38.2 Å². The molecule has 2 aromatic rings. The number of ether oxygens (including phenoxy) is 1. The highest BCUT2D eigenvalue weighted by atomic mass is 35.5. The number of fused-ring (bicyclic) bond motifs is 1. The van der Waals surface area contributed by atoms with Crippen LogP contribution in [0.2, 0.25) is 10.3 Å². The summed E-state index contributed by atoms with van der Waals surface area (Å²) in [7, 11) is 0. The van der Waals surface area contributed by atoms with E-state index in [1.165, 1.54) is 0 Å². The average molecular weight is 298 g/mol. The van der Waals surface area contributed by atoms with Crippen LogP contribution in [0.5, 0.6) is 0 Å². The fourth-order valence-electron chi connectivity index (χ4n) is 2.32. The molecule has 0 N–H and O–H groups in total. The molecule has 6 heteroatoms. The van der Waals surface area contributed by atoms with Gasteiger partial charge in [-0.3, -0.25) is 0 Å². The fraction of sp³-hybridized carbons (Fsp3) is 0.385. The van der Waals surface area contributed by atoms with Crippen molar-refractivity contribution in [2.24, 2.45) is 0 Å². The maximum absolute atomic E-state index is 6.02. The second-order valence-electron chi connectivity index (χ2n) is 4.60. The molecule has 100 valence electrons. The summed E-state index contributed by atoms with van der Waals surface area (Å²) in [6.45, 7) is 4.29. The smallest absolute Gasteiger partial charge is 0.224 e. The Hall–Kier alpha value is -1.10. The van der Waals surface area contributed by atoms with Gasteiger partial charge in [0.05, 0.1) is 24.8 Å². The molecule has 1 fully saturated rings. The van der Waals surface area contributed by atoms with Gasteiger partial charge >= 0.3 is 0 Å². The highest BCUT2D eigenvalue weighted by Gasteiger charge is 2.22. The van der Waals surface area contributed by atoms with Crippen LogP contribution in [0.4, 0.5) is 5.82 Å². The number of rotatable bonds is 1. The van der Waals surface area contributed by atoms with Crippen LogP contribution in [0, 0.1) is 0 Å². The van der Waals surface area contributed by atoms with Crippen LogP contribution in [0.1, 0.15) is 6.92 Å². The summed E-state index contributed by atoms with van der Waals surface area (Å²) in [5.74, 6) is 0.850. The summed E-state index contributed by atoms with van der Waals surface area (Å²) >= 11 is 12.0. The van der Waals surface area contributed by atoms with Gasteiger partial charge in [-0.25, -0.2) is 4.98 Å². The zero-order valence-electron chi connectivity index (χ0n) is 10.4. The standard InChI is InChI=1S/C13H13Cl2N3O/c1-8-7-19-5-4-18(8)12-10-3-2-9(14)6-11(10)16-13(15)17-12/h2-3,6,8H,4-5,7H2,1H3/t8-/m0/s1. The van der Waals surface area contributed by atoms with Gasteiger partial charge < -0.3 is 9.64 Å². The van der Waals surface area contributed by atoms with Crippen molar-refractivity contribution >= 4 is 39.9 Å². The van der Waals surface area contributed by atoms with Crippen molar-refractivity contribution < 1.29 is 4.74 Å². The molecule has 0 spiro atoms. The minimum absolute atomic E-state index is 0.239. The Morgan fingerprint density at radius 2 is 2.16 bits per heavy atom. The molecule has 1 aliphatic heterocycles. The van der Waals surface area contributed by atoms with Gasteiger partial charge in [-0.2, -0.15) is 4.98 Å². The van der Waals surface area contributed by atoms with E-state index in [1.54, 1.807) is 6.07 Å². The Balaban J connectivity index is 2.16. The summed E-state index contributed by atoms with van der Waals surface area (Å²) in [5.41, 5.74) is 0.765. The van der Waals surface area contributed by atoms with Gasteiger partial charge in [0.2, 0.25) is 5.28 Å². The molecule has 0 amide bonds. The second-order valence-corrected chi connectivity index (χ2v) is 5.37. The summed E-state index contributed by atoms with van der Waals surface area (Å²) in [5, 5.41) is 1.84. The molecule has 3 rings (SSSR count). The van der Waals surface area contributed by atoms with Gasteiger partial charge in [0.15, 0.2) is 0 Å². The van der Waals surface area contributed by atoms with Gasteiger partial charge in [-0.15, -0.1) is 0 Å². The zero-order chi connectivity index (χ0) is 13.4. The Labute approximate surface area is 121 Å². The maximum atomic E-state index is 6.02. The van der Waals surface area contributed by atoms with Crippen molar-refractivity contribution in [3.8, 4) is 0 Å². The van der Waals surface area contributed by atoms with E-state index in [-0.39, 0.29) is 11.3 Å². The van der Waals surface area contributed by atoms with E-state index in [0.717, 1.165) is 23.3 Å². The molecule has 1 aromatic heterocycles. The second kappa shape index (κ2) is 5.12. The largest absolute Gasteiger partial charge is 0.377 e. The quantitative estimate of drug-likeness (QED) is 0.758. The fourth-order valence-corrected chi connectivity index (χ4v) is 2.66. The molecular weight excluding hydrogens is 285 g/mol. The molecule has 0 saturated carbocycles. The highest BCUT2D eigenvalue weighted by molar-refractivity contribution is 6.31. The van der Waals surface area contributed by atoms with Crippen LogP contribution < -0.4 is 4.90 Å². The third-order valence-corrected chi connectivity index (χ3v) is 3.66. The van der Waals surface area contributed by atoms with Crippen LogP contribution >= 0.6 is 23.2 Å². The van der Waals surface area contributed by atoms with E-state index in [1.807, 2.05) is 12.1 Å². The Morgan fingerprint density at radius 1 is 1.32 bits per heavy atom. The first kappa shape index (κ1) is 12.9. The number of halogens is 2. The number of aromatic nitrogens is 2. The monoisotopic (exact) mass is 297 g/mol. The first-order chi connectivity index (χ1) is 9.15. The van der Waals surface area contributed by atoms with Gasteiger partial charge in [-0.05, 0) is 36.7 Å². The van der Waals surface area contributed by atoms with Crippen LogP contribution in [-0.2, 0) is 4.74 Å². The predicted molar refractivity (Wildman–Crippen MR) is 77.2 cm³/mol. The van der Waals surface area contributed by atoms with Gasteiger partial charge in [-0.1, -0.05) is 11.6 Å². The van der Waals surface area contributed by atoms with Gasteiger partial charge in [0.25, 0.3) is 0 Å². The molecule has 4 nitrogen and oxygen atoms in total. The molecule has 0 radical (unpaired) electrons. The summed E-state index contributed by atoms with van der Waals surface area (Å²) in [6, 6.07) is 5.85. The summed E-state index contributed by atoms with van der Waals surface area (Å²) in [6.07, 6.45) is 0. The Kier molecular flexibility index (Phi) is 3.48. The van der Waals surface area contributed by atoms with E-state index < -0.39 is 0 Å². The third-order valence-electron chi connectivity index (χ3n) is 3.25. The third kappa shape index (κ3) is 2.48. The number of hydrogen-bond donors (Lipinski definition) is 0. The van der Waals surface area contributed by atoms with Crippen molar-refractivity contribution in [1.82, 2.24) is 9.97 Å². The van der Waals surface area contributed by atoms with Crippen molar-refractivity contribution in [1.29, 1.82) is 0 Å². The molecule has 0 aliphatic carbocycles. The minimum Gasteiger partial charge on any atom is -0.377 e. The number of hydrogen-bond acceptors (Lipinski definition) is 4. The molecule has 1 atom stereocenters. The SMILES string of the molecule is C[C@H]1COCCN1c1nc(Cl)nc2cc(Cl)ccc12. The molecule has 19 heavy (non-hydrogen) atoms. The van der Waals surface area contributed by atoms with E-state index >= 15 is 0 Å². The molecular formula is C13H13Cl2N3O. The summed E-state index contributed by atoms with van der Waals surface area (Å²) < 4.78 is 5.46. The lowest BCUT2D eigenvalue weighted by Crippen LogP contribution is -2.44. The van der Waals surface area contributed by atoms with Crippen molar-refractivity contribution in [2.75, 3.05) is 24.7 Å². The lowest BCUT2D eigenvalue weighted by atomic mass is 10.2. The molecule has 1 aromatic carbocycles. The number of anilines is 1. The van der Waals surface area contributed by atoms with Crippen molar-refractivity contribution in [3.05, 3.63) is 28.5 Å². The molecule has 1 aliphatic rings. The Bertz CT molecular complexity index is 615. The predicted octanol–water partition coefficient (Wildman–Crippen LogP) is 3.16. The lowest BCUT2D eigenvalue weighted by Gasteiger charge is -2.34. The lowest BCUT2D eigenvalue weighted by molar-refractivity contribution is 0.0987. The van der Waals surface area contributed by atoms with Crippen molar-refractivity contribution in [2.45, 2.75) is 13.0 Å². The number of benzene rings is 1. The van der Waals surface area contributed by atoms with Gasteiger partial charge in [0.1, 0.15) is 5.82 Å². The van der Waals surface area contributed by atoms with Crippen LogP contribution in [-0.4, -0.2) is 35.8 Å². The van der Waals surface area contributed by atoms with E-state index in [9.17, 15) is 0 Å². The average Bonchev–Trinajstić information content (AvgIpc) is 2.38. The first-order valence-electron chi connectivity index (χ1n) is 6.12. The van der Waals surface area contributed by atoms with Crippen LogP contribution in [0.15, 0.2) is 18.2 Å². The molecule has 2 heterocycles. The number of nitrogens with zero attached hydrogens (tertiary/aromatic N) is 3. The van der Waals surface area contributed by atoms with Crippen LogP contribution in [0.3, 0.4) is 0 Å². The number of morpholine rings is 1. The highest BCUT2D eigenvalue weighted by Crippen LogP contribution is 2.29. The Morgan fingerprint density at radius 3 is 2.95 bits per heavy atom. The van der Waals surface area contributed by atoms with E-state index in [2.05, 4.69) is 21.8 Å². The normalized spacial score (nSPS) is 19.9. The molecule has 0 bridgehead atoms. The molecule has 0 unspecified atom stereocenters.